The van der Waals surface area contributed by atoms with Gasteiger partial charge in [0.15, 0.2) is 0 Å². The molecule has 0 amide bonds. The van der Waals surface area contributed by atoms with Crippen LogP contribution in [-0.4, -0.2) is 25.8 Å². The fourth-order valence-electron chi connectivity index (χ4n) is 0.316. The Bertz CT molecular complexity index is 37.9. The van der Waals surface area contributed by atoms with Gasteiger partial charge >= 0.3 is 0 Å². The highest BCUT2D eigenvalue weighted by molar-refractivity contribution is 4.25. The first-order valence-electron chi connectivity index (χ1n) is 2.46. The number of nitrogens with one attached hydrogen (secondary N) is 2. The van der Waals surface area contributed by atoms with Gasteiger partial charge in [0.1, 0.15) is 0 Å². The molecule has 2 N–H and O–H groups in total. The molecule has 0 rings (SSSR count). The molecule has 0 aromatic carbocycles. The highest BCUT2D eigenvalue weighted by Crippen LogP contribution is 1.57. The van der Waals surface area contributed by atoms with Gasteiger partial charge in [0.25, 0.3) is 0 Å². The Labute approximate surface area is 44.6 Å². The summed E-state index contributed by atoms with van der Waals surface area (Å²) in [6.07, 6.45) is 0. The first-order valence-corrected chi connectivity index (χ1v) is 2.46. The molecule has 0 radical (unpaired) electrons. The summed E-state index contributed by atoms with van der Waals surface area (Å²) in [5, 5.41) is 1.81. The smallest absolute Gasteiger partial charge is 0.0174 e. The van der Waals surface area contributed by atoms with Crippen LogP contribution >= 0.6 is 0 Å². The minimum atomic E-state index is 0.956. The van der Waals surface area contributed by atoms with Crippen LogP contribution in [0.3, 0.4) is 0 Å². The molecule has 0 saturated carbocycles. The fraction of sp³-hybridized carbons (Fsp3) is 1.00. The Morgan fingerprint density at radius 1 is 1.57 bits per heavy atom. The van der Waals surface area contributed by atoms with Gasteiger partial charge in [0.05, 0.1) is 0 Å². The van der Waals surface area contributed by atoms with Crippen molar-refractivity contribution in [3.8, 4) is 0 Å². The van der Waals surface area contributed by atoms with Gasteiger partial charge < -0.3 is 0 Å². The van der Waals surface area contributed by atoms with Crippen molar-refractivity contribution in [1.82, 2.24) is 16.0 Å². The van der Waals surface area contributed by atoms with E-state index in [1.807, 2.05) is 21.0 Å². The third kappa shape index (κ3) is 3.72. The van der Waals surface area contributed by atoms with E-state index in [1.54, 1.807) is 5.12 Å². The molecule has 3 nitrogen and oxygen atoms in total. The van der Waals surface area contributed by atoms with E-state index < -0.39 is 0 Å². The van der Waals surface area contributed by atoms with Gasteiger partial charge in [-0.3, -0.25) is 0 Å². The summed E-state index contributed by atoms with van der Waals surface area (Å²) in [7, 11) is 3.78. The lowest BCUT2D eigenvalue weighted by molar-refractivity contribution is 0.177. The molecule has 0 aliphatic carbocycles. The number of nitrogens with zero attached hydrogens (tertiary/aromatic N) is 1. The van der Waals surface area contributed by atoms with Gasteiger partial charge in [-0.25, -0.2) is 10.9 Å². The van der Waals surface area contributed by atoms with Crippen molar-refractivity contribution in [3.63, 3.8) is 0 Å². The second-order valence-electron chi connectivity index (χ2n) is 1.29. The van der Waals surface area contributed by atoms with Crippen molar-refractivity contribution in [1.29, 1.82) is 0 Å². The lowest BCUT2D eigenvalue weighted by Gasteiger charge is -2.13. The number of hydrogen-bond acceptors (Lipinski definition) is 3. The predicted octanol–water partition coefficient (Wildman–Crippen LogP) is -0.423. The van der Waals surface area contributed by atoms with Crippen LogP contribution in [0.15, 0.2) is 0 Å². The maximum absolute atomic E-state index is 3.02. The zero-order chi connectivity index (χ0) is 5.70. The zero-order valence-corrected chi connectivity index (χ0v) is 5.15. The predicted molar refractivity (Wildman–Crippen MR) is 30.5 cm³/mol. The first-order chi connectivity index (χ1) is 3.31. The fourth-order valence-corrected chi connectivity index (χ4v) is 0.316. The molecule has 0 spiro atoms. The summed E-state index contributed by atoms with van der Waals surface area (Å²) in [6, 6.07) is 0. The van der Waals surface area contributed by atoms with Gasteiger partial charge in [-0.15, -0.1) is 0 Å². The maximum Gasteiger partial charge on any atom is 0.0174 e. The summed E-state index contributed by atoms with van der Waals surface area (Å²) in [4.78, 5) is 0. The average molecular weight is 103 g/mol. The normalized spacial score (nSPS) is 10.3. The molecule has 44 valence electrons. The molecule has 0 fully saturated rings. The third-order valence-corrected chi connectivity index (χ3v) is 0.731. The Balaban J connectivity index is 2.83. The SMILES string of the molecule is CCNN(C)NC. The quantitative estimate of drug-likeness (QED) is 0.475. The van der Waals surface area contributed by atoms with E-state index in [-0.39, 0.29) is 0 Å². The average Bonchev–Trinajstić information content (AvgIpc) is 1.68. The topological polar surface area (TPSA) is 27.3 Å². The van der Waals surface area contributed by atoms with E-state index in [0.717, 1.165) is 6.54 Å². The summed E-state index contributed by atoms with van der Waals surface area (Å²) < 4.78 is 0. The van der Waals surface area contributed by atoms with Crippen LogP contribution in [0.25, 0.3) is 0 Å². The van der Waals surface area contributed by atoms with E-state index in [2.05, 4.69) is 10.9 Å². The van der Waals surface area contributed by atoms with Crippen molar-refractivity contribution < 1.29 is 0 Å². The molecule has 0 saturated heterocycles. The van der Waals surface area contributed by atoms with Crippen LogP contribution in [0.1, 0.15) is 6.92 Å². The van der Waals surface area contributed by atoms with E-state index in [0.29, 0.717) is 0 Å². The van der Waals surface area contributed by atoms with Crippen LogP contribution in [0.2, 0.25) is 0 Å². The monoisotopic (exact) mass is 103 g/mol. The molecule has 0 atom stereocenters. The van der Waals surface area contributed by atoms with E-state index >= 15 is 0 Å². The zero-order valence-electron chi connectivity index (χ0n) is 5.15. The van der Waals surface area contributed by atoms with E-state index in [1.165, 1.54) is 0 Å². The number of hydrazine groups is 2. The van der Waals surface area contributed by atoms with Gasteiger partial charge in [-0.05, 0) is 0 Å². The van der Waals surface area contributed by atoms with Crippen molar-refractivity contribution in [2.24, 2.45) is 0 Å². The van der Waals surface area contributed by atoms with E-state index in [4.69, 9.17) is 0 Å². The highest BCUT2D eigenvalue weighted by Gasteiger charge is 1.82. The molecule has 0 heterocycles. The van der Waals surface area contributed by atoms with Crippen molar-refractivity contribution in [3.05, 3.63) is 0 Å². The summed E-state index contributed by atoms with van der Waals surface area (Å²) in [5.74, 6) is 0. The number of rotatable bonds is 3. The van der Waals surface area contributed by atoms with Crippen LogP contribution in [0, 0.1) is 0 Å². The van der Waals surface area contributed by atoms with E-state index in [9.17, 15) is 0 Å². The highest BCUT2D eigenvalue weighted by atomic mass is 15.7. The lowest BCUT2D eigenvalue weighted by atomic mass is 10.8. The number of hydrogen-bond donors (Lipinski definition) is 2. The molecule has 0 bridgehead atoms. The molecule has 0 aliphatic rings. The lowest BCUT2D eigenvalue weighted by Crippen LogP contribution is -2.42. The Morgan fingerprint density at radius 2 is 2.14 bits per heavy atom. The van der Waals surface area contributed by atoms with Gasteiger partial charge in [0, 0.05) is 20.6 Å². The summed E-state index contributed by atoms with van der Waals surface area (Å²) >= 11 is 0. The molecule has 3 heteroatoms. The molecule has 0 unspecified atom stereocenters. The largest absolute Gasteiger partial charge is 0.245 e. The summed E-state index contributed by atoms with van der Waals surface area (Å²) in [5.41, 5.74) is 5.91. The Kier molecular flexibility index (Phi) is 3.98. The molecule has 0 aliphatic heterocycles. The minimum Gasteiger partial charge on any atom is -0.245 e. The first kappa shape index (κ1) is 6.88. The Morgan fingerprint density at radius 3 is 2.29 bits per heavy atom. The standard InChI is InChI=1S/C4H13N3/c1-4-6-7(3)5-2/h5-6H,4H2,1-3H3. The molecule has 7 heavy (non-hydrogen) atoms. The molecule has 0 aromatic heterocycles. The molecule has 0 aromatic rings. The minimum absolute atomic E-state index is 0.956. The van der Waals surface area contributed by atoms with Crippen LogP contribution in [0.4, 0.5) is 0 Å². The van der Waals surface area contributed by atoms with Crippen LogP contribution < -0.4 is 10.9 Å². The van der Waals surface area contributed by atoms with Crippen molar-refractivity contribution >= 4 is 0 Å². The van der Waals surface area contributed by atoms with Crippen LogP contribution in [-0.2, 0) is 0 Å². The second kappa shape index (κ2) is 4.05. The van der Waals surface area contributed by atoms with Gasteiger partial charge in [0.2, 0.25) is 0 Å². The second-order valence-corrected chi connectivity index (χ2v) is 1.29. The van der Waals surface area contributed by atoms with Crippen LogP contribution in [0.5, 0.6) is 0 Å². The van der Waals surface area contributed by atoms with Gasteiger partial charge in [-0.1, -0.05) is 6.92 Å². The van der Waals surface area contributed by atoms with Crippen molar-refractivity contribution in [2.45, 2.75) is 6.92 Å². The summed E-state index contributed by atoms with van der Waals surface area (Å²) in [6.45, 7) is 3.01. The maximum atomic E-state index is 3.02. The van der Waals surface area contributed by atoms with Gasteiger partial charge in [-0.2, -0.15) is 5.12 Å². The third-order valence-electron chi connectivity index (χ3n) is 0.731. The molecular weight excluding hydrogens is 90.1 g/mol. The Hall–Kier alpha value is -0.120. The van der Waals surface area contributed by atoms with Crippen molar-refractivity contribution in [2.75, 3.05) is 20.6 Å². The molecular formula is C4H13N3.